The van der Waals surface area contributed by atoms with E-state index in [-0.39, 0.29) is 20.5 Å². The topological polar surface area (TPSA) is 18.5 Å². The molecule has 0 rings (SSSR count). The van der Waals surface area contributed by atoms with Crippen molar-refractivity contribution in [2.24, 2.45) is 0 Å². The van der Waals surface area contributed by atoms with Crippen LogP contribution in [0, 0.1) is 0 Å². The molecule has 0 aromatic rings. The van der Waals surface area contributed by atoms with Crippen LogP contribution in [0.15, 0.2) is 0 Å². The molecule has 0 amide bonds. The fourth-order valence-corrected chi connectivity index (χ4v) is 2.39. The third-order valence-electron chi connectivity index (χ3n) is 2.19. The van der Waals surface area contributed by atoms with E-state index in [1.54, 1.807) is 0 Å². The molecule has 0 atom stereocenters. The van der Waals surface area contributed by atoms with Gasteiger partial charge in [-0.05, 0) is 0 Å². The third kappa shape index (κ3) is 14.7. The Balaban J connectivity index is 2.81. The van der Waals surface area contributed by atoms with E-state index in [0.29, 0.717) is 0 Å². The van der Waals surface area contributed by atoms with Gasteiger partial charge in [-0.25, -0.2) is 0 Å². The van der Waals surface area contributed by atoms with Crippen molar-refractivity contribution in [1.82, 2.24) is 0 Å². The van der Waals surface area contributed by atoms with Crippen molar-refractivity contribution >= 4 is 0 Å². The van der Waals surface area contributed by atoms with Crippen LogP contribution in [0.4, 0.5) is 0 Å². The Bertz CT molecular complexity index is 97.8. The standard InChI is InChI=1S/2C6H13O.Au/c2*1-2-3-4-5-6-7;/h2*2-6H2,1H3;/q2*-1;+2. The molecule has 0 spiro atoms. The maximum atomic E-state index is 5.46. The first kappa shape index (κ1) is 15.7. The number of hydrogen-bond donors (Lipinski definition) is 0. The summed E-state index contributed by atoms with van der Waals surface area (Å²) < 4.78 is 10.9. The Morgan fingerprint density at radius 1 is 0.667 bits per heavy atom. The van der Waals surface area contributed by atoms with Crippen LogP contribution in [0.3, 0.4) is 0 Å². The van der Waals surface area contributed by atoms with Crippen LogP contribution in [-0.2, 0) is 27.0 Å². The first-order chi connectivity index (χ1) is 7.41. The van der Waals surface area contributed by atoms with Crippen molar-refractivity contribution in [2.45, 2.75) is 65.2 Å². The summed E-state index contributed by atoms with van der Waals surface area (Å²) in [5.74, 6) is 0. The van der Waals surface area contributed by atoms with Crippen LogP contribution in [0.5, 0.6) is 0 Å². The minimum absolute atomic E-state index is 0.315. The second-order valence-electron chi connectivity index (χ2n) is 3.75. The zero-order valence-corrected chi connectivity index (χ0v) is 12.4. The fourth-order valence-electron chi connectivity index (χ4n) is 1.22. The Morgan fingerprint density at radius 3 is 1.53 bits per heavy atom. The van der Waals surface area contributed by atoms with Crippen molar-refractivity contribution in [1.29, 1.82) is 0 Å². The monoisotopic (exact) mass is 399 g/mol. The molecule has 2 nitrogen and oxygen atoms in total. The van der Waals surface area contributed by atoms with Gasteiger partial charge in [-0.3, -0.25) is 0 Å². The summed E-state index contributed by atoms with van der Waals surface area (Å²) in [5, 5.41) is 0. The number of unbranched alkanes of at least 4 members (excludes halogenated alkanes) is 6. The molecule has 0 aliphatic carbocycles. The second kappa shape index (κ2) is 14.7. The van der Waals surface area contributed by atoms with Crippen LogP contribution < -0.4 is 0 Å². The molecule has 0 N–H and O–H groups in total. The van der Waals surface area contributed by atoms with E-state index in [9.17, 15) is 0 Å². The van der Waals surface area contributed by atoms with Gasteiger partial charge < -0.3 is 0 Å². The van der Waals surface area contributed by atoms with Crippen molar-refractivity contribution < 1.29 is 27.0 Å². The van der Waals surface area contributed by atoms with Crippen LogP contribution in [0.2, 0.25) is 0 Å². The molecule has 0 aromatic heterocycles. The van der Waals surface area contributed by atoms with Gasteiger partial charge in [0.2, 0.25) is 0 Å². The van der Waals surface area contributed by atoms with E-state index in [1.165, 1.54) is 51.4 Å². The molecule has 0 saturated carbocycles. The summed E-state index contributed by atoms with van der Waals surface area (Å²) in [5.41, 5.74) is 0. The molecule has 0 radical (unpaired) electrons. The maximum absolute atomic E-state index is 5.46. The van der Waals surface area contributed by atoms with Crippen LogP contribution in [-0.4, -0.2) is 13.2 Å². The molecule has 0 aliphatic heterocycles. The van der Waals surface area contributed by atoms with Gasteiger partial charge in [0, 0.05) is 0 Å². The predicted octanol–water partition coefficient (Wildman–Crippen LogP) is 4.09. The SMILES string of the molecule is CCCCCC[O][Au][O]CCCCCC. The molecule has 0 fully saturated rings. The first-order valence-corrected chi connectivity index (χ1v) is 8.01. The fraction of sp³-hybridized carbons (Fsp3) is 1.00. The molecule has 97 valence electrons. The average Bonchev–Trinajstić information content (AvgIpc) is 2.26. The quantitative estimate of drug-likeness (QED) is 0.364. The molecule has 0 saturated heterocycles. The molecule has 0 bridgehead atoms. The van der Waals surface area contributed by atoms with E-state index in [4.69, 9.17) is 6.49 Å². The molecule has 15 heavy (non-hydrogen) atoms. The predicted molar refractivity (Wildman–Crippen MR) is 60.2 cm³/mol. The molecule has 0 aliphatic rings. The number of rotatable bonds is 12. The molecule has 0 unspecified atom stereocenters. The van der Waals surface area contributed by atoms with E-state index in [0.717, 1.165) is 13.2 Å². The van der Waals surface area contributed by atoms with E-state index in [2.05, 4.69) is 13.8 Å². The van der Waals surface area contributed by atoms with Gasteiger partial charge >= 0.3 is 105 Å². The summed E-state index contributed by atoms with van der Waals surface area (Å²) in [6, 6.07) is 0. The Labute approximate surface area is 105 Å². The molecule has 0 heterocycles. The molecule has 3 heteroatoms. The normalized spacial score (nSPS) is 11.1. The van der Waals surface area contributed by atoms with E-state index < -0.39 is 0 Å². The molecule has 0 aromatic carbocycles. The first-order valence-electron chi connectivity index (χ1n) is 6.24. The van der Waals surface area contributed by atoms with Crippen molar-refractivity contribution in [3.8, 4) is 0 Å². The zero-order valence-electron chi connectivity index (χ0n) is 10.2. The average molecular weight is 399 g/mol. The van der Waals surface area contributed by atoms with Crippen molar-refractivity contribution in [3.05, 3.63) is 0 Å². The Hall–Kier alpha value is 0.660. The van der Waals surface area contributed by atoms with Crippen LogP contribution in [0.25, 0.3) is 0 Å². The van der Waals surface area contributed by atoms with Crippen molar-refractivity contribution in [2.75, 3.05) is 13.2 Å². The molecular weight excluding hydrogens is 373 g/mol. The van der Waals surface area contributed by atoms with Gasteiger partial charge in [-0.2, -0.15) is 0 Å². The summed E-state index contributed by atoms with van der Waals surface area (Å²) >= 11 is -0.315. The summed E-state index contributed by atoms with van der Waals surface area (Å²) in [4.78, 5) is 0. The van der Waals surface area contributed by atoms with Gasteiger partial charge in [0.15, 0.2) is 0 Å². The Morgan fingerprint density at radius 2 is 1.13 bits per heavy atom. The summed E-state index contributed by atoms with van der Waals surface area (Å²) in [7, 11) is 0. The van der Waals surface area contributed by atoms with Gasteiger partial charge in [0.25, 0.3) is 0 Å². The van der Waals surface area contributed by atoms with Crippen molar-refractivity contribution in [3.63, 3.8) is 0 Å². The Kier molecular flexibility index (Phi) is 15.3. The summed E-state index contributed by atoms with van der Waals surface area (Å²) in [6.07, 6.45) is 10.2. The van der Waals surface area contributed by atoms with E-state index >= 15 is 0 Å². The summed E-state index contributed by atoms with van der Waals surface area (Å²) in [6.45, 7) is 6.26. The van der Waals surface area contributed by atoms with Gasteiger partial charge in [-0.1, -0.05) is 0 Å². The van der Waals surface area contributed by atoms with Gasteiger partial charge in [0.1, 0.15) is 0 Å². The van der Waals surface area contributed by atoms with Crippen LogP contribution >= 0.6 is 0 Å². The van der Waals surface area contributed by atoms with Crippen LogP contribution in [0.1, 0.15) is 65.2 Å². The minimum atomic E-state index is -0.315. The zero-order chi connectivity index (χ0) is 11.2. The van der Waals surface area contributed by atoms with Gasteiger partial charge in [0.05, 0.1) is 0 Å². The van der Waals surface area contributed by atoms with E-state index in [1.807, 2.05) is 0 Å². The third-order valence-corrected chi connectivity index (χ3v) is 3.59. The number of hydrogen-bond acceptors (Lipinski definition) is 2. The van der Waals surface area contributed by atoms with Gasteiger partial charge in [-0.15, -0.1) is 0 Å². The molecular formula is C12H26AuO2. The second-order valence-corrected chi connectivity index (χ2v) is 5.37.